The number of hydrogen-bond donors (Lipinski definition) is 1. The molecule has 4 nitrogen and oxygen atoms in total. The molecule has 1 aromatic carbocycles. The van der Waals surface area contributed by atoms with E-state index in [0.717, 1.165) is 29.9 Å². The highest BCUT2D eigenvalue weighted by Crippen LogP contribution is 2.33. The fourth-order valence-electron chi connectivity index (χ4n) is 2.44. The Labute approximate surface area is 157 Å². The molecule has 1 heterocycles. The number of anilines is 1. The predicted molar refractivity (Wildman–Crippen MR) is 104 cm³/mol. The van der Waals surface area contributed by atoms with Crippen LogP contribution in [0.25, 0.3) is 0 Å². The summed E-state index contributed by atoms with van der Waals surface area (Å²) in [6.45, 7) is 7.15. The Kier molecular flexibility index (Phi) is 6.96. The van der Waals surface area contributed by atoms with Crippen LogP contribution in [-0.2, 0) is 6.54 Å². The van der Waals surface area contributed by atoms with Crippen molar-refractivity contribution in [2.45, 2.75) is 46.6 Å². The van der Waals surface area contributed by atoms with Gasteiger partial charge in [0.25, 0.3) is 0 Å². The van der Waals surface area contributed by atoms with E-state index in [4.69, 9.17) is 34.8 Å². The van der Waals surface area contributed by atoms with Crippen LogP contribution >= 0.6 is 34.8 Å². The molecule has 1 N–H and O–H groups in total. The van der Waals surface area contributed by atoms with Gasteiger partial charge in [0.1, 0.15) is 0 Å². The standard InChI is InChI=1S/C17H21Cl3N4/c1-4-5-6-7-24-12(3)14(11(2)23-24)10-21-22-17-15(19)8-13(18)9-16(17)20/h8-10,22H,4-7H2,1-3H3. The lowest BCUT2D eigenvalue weighted by Gasteiger charge is -2.06. The number of rotatable bonds is 7. The zero-order valence-corrected chi connectivity index (χ0v) is 16.3. The molecule has 0 aliphatic carbocycles. The molecule has 0 spiro atoms. The summed E-state index contributed by atoms with van der Waals surface area (Å²) in [7, 11) is 0. The Morgan fingerprint density at radius 3 is 2.46 bits per heavy atom. The molecule has 0 aliphatic rings. The van der Waals surface area contributed by atoms with Crippen LogP contribution in [0.2, 0.25) is 15.1 Å². The van der Waals surface area contributed by atoms with E-state index in [1.807, 2.05) is 11.6 Å². The molecule has 0 radical (unpaired) electrons. The molecule has 0 fully saturated rings. The molecule has 0 atom stereocenters. The SMILES string of the molecule is CCCCCn1nc(C)c(C=NNc2c(Cl)cc(Cl)cc2Cl)c1C. The van der Waals surface area contributed by atoms with Gasteiger partial charge in [0.2, 0.25) is 0 Å². The highest BCUT2D eigenvalue weighted by Gasteiger charge is 2.10. The quantitative estimate of drug-likeness (QED) is 0.354. The lowest BCUT2D eigenvalue weighted by atomic mass is 10.2. The summed E-state index contributed by atoms with van der Waals surface area (Å²) in [6.07, 6.45) is 5.27. The third kappa shape index (κ3) is 4.65. The van der Waals surface area contributed by atoms with Gasteiger partial charge in [0.15, 0.2) is 0 Å². The van der Waals surface area contributed by atoms with Crippen molar-refractivity contribution in [3.8, 4) is 0 Å². The van der Waals surface area contributed by atoms with E-state index in [2.05, 4.69) is 29.5 Å². The number of hydrogen-bond acceptors (Lipinski definition) is 3. The summed E-state index contributed by atoms with van der Waals surface area (Å²) in [4.78, 5) is 0. The van der Waals surface area contributed by atoms with Crippen LogP contribution in [0, 0.1) is 13.8 Å². The number of halogens is 3. The monoisotopic (exact) mass is 386 g/mol. The van der Waals surface area contributed by atoms with Crippen molar-refractivity contribution < 1.29 is 0 Å². The minimum absolute atomic E-state index is 0.424. The first-order chi connectivity index (χ1) is 11.4. The maximum absolute atomic E-state index is 6.13. The van der Waals surface area contributed by atoms with Gasteiger partial charge in [-0.25, -0.2) is 0 Å². The number of aromatic nitrogens is 2. The van der Waals surface area contributed by atoms with Gasteiger partial charge in [-0.2, -0.15) is 10.2 Å². The van der Waals surface area contributed by atoms with Crippen molar-refractivity contribution in [3.63, 3.8) is 0 Å². The van der Waals surface area contributed by atoms with E-state index < -0.39 is 0 Å². The van der Waals surface area contributed by atoms with Crippen molar-refractivity contribution in [2.24, 2.45) is 5.10 Å². The van der Waals surface area contributed by atoms with Crippen molar-refractivity contribution in [1.29, 1.82) is 0 Å². The Bertz CT molecular complexity index is 715. The molecule has 7 heteroatoms. The van der Waals surface area contributed by atoms with Gasteiger partial charge in [-0.1, -0.05) is 54.6 Å². The average molecular weight is 388 g/mol. The molecule has 0 saturated heterocycles. The summed E-state index contributed by atoms with van der Waals surface area (Å²) in [5.41, 5.74) is 6.46. The molecule has 24 heavy (non-hydrogen) atoms. The molecule has 0 amide bonds. The molecular weight excluding hydrogens is 367 g/mol. The summed E-state index contributed by atoms with van der Waals surface area (Å²) >= 11 is 18.2. The molecule has 2 rings (SSSR count). The Morgan fingerprint density at radius 1 is 1.17 bits per heavy atom. The average Bonchev–Trinajstić information content (AvgIpc) is 2.77. The van der Waals surface area contributed by atoms with E-state index in [1.165, 1.54) is 12.8 Å². The van der Waals surface area contributed by atoms with Crippen molar-refractivity contribution in [3.05, 3.63) is 44.2 Å². The number of aryl methyl sites for hydroxylation is 2. The maximum atomic E-state index is 6.13. The normalized spacial score (nSPS) is 11.4. The lowest BCUT2D eigenvalue weighted by Crippen LogP contribution is -2.03. The van der Waals surface area contributed by atoms with E-state index in [0.29, 0.717) is 20.8 Å². The van der Waals surface area contributed by atoms with E-state index >= 15 is 0 Å². The van der Waals surface area contributed by atoms with Crippen LogP contribution in [-0.4, -0.2) is 16.0 Å². The van der Waals surface area contributed by atoms with Gasteiger partial charge in [-0.3, -0.25) is 10.1 Å². The van der Waals surface area contributed by atoms with Crippen molar-refractivity contribution in [1.82, 2.24) is 9.78 Å². The molecular formula is C17H21Cl3N4. The predicted octanol–water partition coefficient (Wildman–Crippen LogP) is 6.10. The van der Waals surface area contributed by atoms with Crippen LogP contribution in [0.3, 0.4) is 0 Å². The third-order valence-corrected chi connectivity index (χ3v) is 4.60. The summed E-state index contributed by atoms with van der Waals surface area (Å²) in [5, 5.41) is 10.2. The number of unbranched alkanes of at least 4 members (excludes halogenated alkanes) is 2. The number of nitrogens with one attached hydrogen (secondary N) is 1. The molecule has 0 saturated carbocycles. The van der Waals surface area contributed by atoms with E-state index in [-0.39, 0.29) is 0 Å². The summed E-state index contributed by atoms with van der Waals surface area (Å²) in [6, 6.07) is 3.24. The molecule has 130 valence electrons. The van der Waals surface area contributed by atoms with Gasteiger partial charge in [0.05, 0.1) is 27.6 Å². The highest BCUT2D eigenvalue weighted by atomic mass is 35.5. The van der Waals surface area contributed by atoms with Gasteiger partial charge in [-0.05, 0) is 32.4 Å². The van der Waals surface area contributed by atoms with Crippen LogP contribution in [0.1, 0.15) is 43.1 Å². The minimum atomic E-state index is 0.424. The first-order valence-electron chi connectivity index (χ1n) is 7.91. The fraction of sp³-hybridized carbons (Fsp3) is 0.412. The lowest BCUT2D eigenvalue weighted by molar-refractivity contribution is 0.540. The molecule has 0 unspecified atom stereocenters. The van der Waals surface area contributed by atoms with E-state index in [1.54, 1.807) is 18.3 Å². The summed E-state index contributed by atoms with van der Waals surface area (Å²) < 4.78 is 2.04. The number of nitrogens with zero attached hydrogens (tertiary/aromatic N) is 3. The fourth-order valence-corrected chi connectivity index (χ4v) is 3.34. The van der Waals surface area contributed by atoms with E-state index in [9.17, 15) is 0 Å². The Hall–Kier alpha value is -1.23. The smallest absolute Gasteiger partial charge is 0.0935 e. The second-order valence-electron chi connectivity index (χ2n) is 5.63. The minimum Gasteiger partial charge on any atom is -0.275 e. The molecule has 0 aliphatic heterocycles. The van der Waals surface area contributed by atoms with Gasteiger partial charge in [0, 0.05) is 22.8 Å². The van der Waals surface area contributed by atoms with Crippen molar-refractivity contribution >= 4 is 46.7 Å². The van der Waals surface area contributed by atoms with Gasteiger partial charge in [-0.15, -0.1) is 0 Å². The van der Waals surface area contributed by atoms with Crippen molar-refractivity contribution in [2.75, 3.05) is 5.43 Å². The number of hydrazone groups is 1. The maximum Gasteiger partial charge on any atom is 0.0935 e. The summed E-state index contributed by atoms with van der Waals surface area (Å²) in [5.74, 6) is 0. The van der Waals surface area contributed by atoms with Gasteiger partial charge < -0.3 is 0 Å². The molecule has 0 bridgehead atoms. The molecule has 1 aromatic heterocycles. The van der Waals surface area contributed by atoms with Crippen LogP contribution < -0.4 is 5.43 Å². The second-order valence-corrected chi connectivity index (χ2v) is 6.88. The van der Waals surface area contributed by atoms with Crippen LogP contribution in [0.4, 0.5) is 5.69 Å². The first kappa shape index (κ1) is 19.1. The highest BCUT2D eigenvalue weighted by molar-refractivity contribution is 6.41. The van der Waals surface area contributed by atoms with Crippen LogP contribution in [0.5, 0.6) is 0 Å². The topological polar surface area (TPSA) is 42.2 Å². The first-order valence-corrected chi connectivity index (χ1v) is 9.05. The Morgan fingerprint density at radius 2 is 1.83 bits per heavy atom. The largest absolute Gasteiger partial charge is 0.275 e. The Balaban J connectivity index is 2.12. The van der Waals surface area contributed by atoms with Crippen LogP contribution in [0.15, 0.2) is 17.2 Å². The zero-order chi connectivity index (χ0) is 17.7. The number of benzene rings is 1. The molecule has 2 aromatic rings. The second kappa shape index (κ2) is 8.75. The van der Waals surface area contributed by atoms with Gasteiger partial charge >= 0.3 is 0 Å². The third-order valence-electron chi connectivity index (χ3n) is 3.79. The zero-order valence-electron chi connectivity index (χ0n) is 14.0.